The molecule has 0 unspecified atom stereocenters. The standard InChI is InChI=1S/C7H4F3NO2/c8-7(9,10)5-1-4(6(12)13)2-11-3-5/h1-3H,(H,12,13)/p-1. The van der Waals surface area contributed by atoms with Crippen molar-refractivity contribution in [2.75, 3.05) is 0 Å². The third kappa shape index (κ3) is 2.17. The molecule has 0 aliphatic rings. The van der Waals surface area contributed by atoms with Crippen LogP contribution in [0.25, 0.3) is 0 Å². The fourth-order valence-corrected chi connectivity index (χ4v) is 0.707. The van der Waals surface area contributed by atoms with Gasteiger partial charge in [-0.05, 0) is 6.07 Å². The Labute approximate surface area is 70.8 Å². The van der Waals surface area contributed by atoms with Gasteiger partial charge in [0.15, 0.2) is 0 Å². The maximum Gasteiger partial charge on any atom is 0.417 e. The number of alkyl halides is 3. The molecule has 0 N–H and O–H groups in total. The van der Waals surface area contributed by atoms with Crippen molar-refractivity contribution in [1.82, 2.24) is 4.98 Å². The zero-order valence-electron chi connectivity index (χ0n) is 6.13. The number of rotatable bonds is 1. The molecule has 1 aromatic heterocycles. The molecule has 13 heavy (non-hydrogen) atoms. The molecule has 0 spiro atoms. The van der Waals surface area contributed by atoms with Gasteiger partial charge in [-0.3, -0.25) is 4.98 Å². The second-order valence-corrected chi connectivity index (χ2v) is 2.25. The van der Waals surface area contributed by atoms with Gasteiger partial charge in [-0.15, -0.1) is 0 Å². The summed E-state index contributed by atoms with van der Waals surface area (Å²) in [5.41, 5.74) is -1.69. The average Bonchev–Trinajstić information content (AvgIpc) is 2.03. The molecule has 0 aliphatic carbocycles. The van der Waals surface area contributed by atoms with Crippen LogP contribution in [0.1, 0.15) is 15.9 Å². The number of nitrogens with zero attached hydrogens (tertiary/aromatic N) is 1. The van der Waals surface area contributed by atoms with Gasteiger partial charge in [0.05, 0.1) is 11.5 Å². The monoisotopic (exact) mass is 190 g/mol. The van der Waals surface area contributed by atoms with Crippen LogP contribution in [0.15, 0.2) is 18.5 Å². The van der Waals surface area contributed by atoms with E-state index in [0.717, 1.165) is 6.20 Å². The van der Waals surface area contributed by atoms with Crippen LogP contribution in [-0.2, 0) is 6.18 Å². The molecule has 0 saturated heterocycles. The van der Waals surface area contributed by atoms with E-state index in [9.17, 15) is 23.1 Å². The zero-order valence-corrected chi connectivity index (χ0v) is 6.13. The summed E-state index contributed by atoms with van der Waals surface area (Å²) in [5.74, 6) is -1.68. The molecule has 0 aromatic carbocycles. The maximum atomic E-state index is 12.0. The molecule has 0 bridgehead atoms. The first-order chi connectivity index (χ1) is 5.91. The highest BCUT2D eigenvalue weighted by Crippen LogP contribution is 2.28. The van der Waals surface area contributed by atoms with Crippen LogP contribution < -0.4 is 5.11 Å². The van der Waals surface area contributed by atoms with Crippen LogP contribution in [0.2, 0.25) is 0 Å². The smallest absolute Gasteiger partial charge is 0.417 e. The number of carbonyl (C=O) groups excluding carboxylic acids is 1. The summed E-state index contributed by atoms with van der Waals surface area (Å²) in [6.07, 6.45) is -3.24. The van der Waals surface area contributed by atoms with E-state index >= 15 is 0 Å². The van der Waals surface area contributed by atoms with Gasteiger partial charge in [-0.25, -0.2) is 0 Å². The first kappa shape index (κ1) is 9.50. The number of aromatic nitrogens is 1. The van der Waals surface area contributed by atoms with Crippen molar-refractivity contribution in [2.45, 2.75) is 6.18 Å². The Morgan fingerprint density at radius 1 is 1.38 bits per heavy atom. The average molecular weight is 190 g/mol. The molecule has 0 fully saturated rings. The molecule has 1 heterocycles. The lowest BCUT2D eigenvalue weighted by molar-refractivity contribution is -0.255. The second-order valence-electron chi connectivity index (χ2n) is 2.25. The number of pyridine rings is 1. The number of carboxylic acid groups (broad SMARTS) is 1. The number of hydrogen-bond donors (Lipinski definition) is 0. The second kappa shape index (κ2) is 3.04. The Bertz CT molecular complexity index is 335. The Kier molecular flexibility index (Phi) is 2.22. The molecule has 3 nitrogen and oxygen atoms in total. The van der Waals surface area contributed by atoms with Gasteiger partial charge in [0.25, 0.3) is 0 Å². The van der Waals surface area contributed by atoms with Gasteiger partial charge >= 0.3 is 6.18 Å². The highest BCUT2D eigenvalue weighted by atomic mass is 19.4. The van der Waals surface area contributed by atoms with Crippen LogP contribution in [0, 0.1) is 0 Å². The molecular weight excluding hydrogens is 187 g/mol. The van der Waals surface area contributed by atoms with Crippen molar-refractivity contribution >= 4 is 5.97 Å². The van der Waals surface area contributed by atoms with E-state index in [4.69, 9.17) is 0 Å². The van der Waals surface area contributed by atoms with Crippen LogP contribution in [0.5, 0.6) is 0 Å². The Hall–Kier alpha value is -1.59. The summed E-state index contributed by atoms with van der Waals surface area (Å²) in [6.45, 7) is 0. The van der Waals surface area contributed by atoms with Crippen molar-refractivity contribution in [1.29, 1.82) is 0 Å². The number of hydrogen-bond acceptors (Lipinski definition) is 3. The SMILES string of the molecule is O=C([O-])c1cncc(C(F)(F)F)c1. The van der Waals surface area contributed by atoms with E-state index in [-0.39, 0.29) is 0 Å². The van der Waals surface area contributed by atoms with Gasteiger partial charge in [0.1, 0.15) is 0 Å². The van der Waals surface area contributed by atoms with Gasteiger partial charge in [-0.2, -0.15) is 13.2 Å². The summed E-state index contributed by atoms with van der Waals surface area (Å²) in [7, 11) is 0. The quantitative estimate of drug-likeness (QED) is 0.646. The Morgan fingerprint density at radius 3 is 2.46 bits per heavy atom. The van der Waals surface area contributed by atoms with Crippen molar-refractivity contribution in [3.63, 3.8) is 0 Å². The zero-order chi connectivity index (χ0) is 10.1. The molecule has 70 valence electrons. The number of aromatic carboxylic acids is 1. The summed E-state index contributed by atoms with van der Waals surface area (Å²) >= 11 is 0. The van der Waals surface area contributed by atoms with E-state index in [1.807, 2.05) is 0 Å². The van der Waals surface area contributed by atoms with E-state index in [1.54, 1.807) is 0 Å². The van der Waals surface area contributed by atoms with Gasteiger partial charge < -0.3 is 9.90 Å². The minimum absolute atomic E-state index is 0.475. The summed E-state index contributed by atoms with van der Waals surface area (Å²) in [5, 5.41) is 10.2. The minimum atomic E-state index is -4.58. The molecule has 0 radical (unpaired) electrons. The largest absolute Gasteiger partial charge is 0.545 e. The summed E-state index contributed by atoms with van der Waals surface area (Å²) in [4.78, 5) is 13.3. The predicted molar refractivity (Wildman–Crippen MR) is 33.6 cm³/mol. The first-order valence-electron chi connectivity index (χ1n) is 3.15. The Morgan fingerprint density at radius 2 is 2.00 bits per heavy atom. The van der Waals surface area contributed by atoms with Gasteiger partial charge in [-0.1, -0.05) is 0 Å². The topological polar surface area (TPSA) is 53.0 Å². The molecule has 0 amide bonds. The number of carbonyl (C=O) groups is 1. The van der Waals surface area contributed by atoms with Crippen molar-refractivity contribution in [3.05, 3.63) is 29.6 Å². The lowest BCUT2D eigenvalue weighted by Gasteiger charge is -2.07. The third-order valence-corrected chi connectivity index (χ3v) is 1.30. The highest BCUT2D eigenvalue weighted by Gasteiger charge is 2.30. The van der Waals surface area contributed by atoms with Crippen molar-refractivity contribution < 1.29 is 23.1 Å². The van der Waals surface area contributed by atoms with Crippen molar-refractivity contribution in [2.24, 2.45) is 0 Å². The van der Waals surface area contributed by atoms with E-state index in [2.05, 4.69) is 4.98 Å². The molecule has 0 aliphatic heterocycles. The molecule has 1 aromatic rings. The van der Waals surface area contributed by atoms with Crippen LogP contribution in [0.3, 0.4) is 0 Å². The molecule has 0 atom stereocenters. The van der Waals surface area contributed by atoms with E-state index in [0.29, 0.717) is 12.3 Å². The molecule has 0 saturated carbocycles. The van der Waals surface area contributed by atoms with Crippen LogP contribution in [-0.4, -0.2) is 11.0 Å². The third-order valence-electron chi connectivity index (χ3n) is 1.30. The fourth-order valence-electron chi connectivity index (χ4n) is 0.707. The lowest BCUT2D eigenvalue weighted by atomic mass is 10.2. The first-order valence-corrected chi connectivity index (χ1v) is 3.15. The fraction of sp³-hybridized carbons (Fsp3) is 0.143. The maximum absolute atomic E-state index is 12.0. The molecular formula is C7H3F3NO2-. The predicted octanol–water partition coefficient (Wildman–Crippen LogP) is 0.464. The van der Waals surface area contributed by atoms with Gasteiger partial charge in [0, 0.05) is 18.0 Å². The van der Waals surface area contributed by atoms with Crippen LogP contribution in [0.4, 0.5) is 13.2 Å². The van der Waals surface area contributed by atoms with E-state index in [1.165, 1.54) is 0 Å². The molecule has 1 rings (SSSR count). The molecule has 6 heteroatoms. The van der Waals surface area contributed by atoms with Gasteiger partial charge in [0.2, 0.25) is 0 Å². The van der Waals surface area contributed by atoms with Crippen molar-refractivity contribution in [3.8, 4) is 0 Å². The number of carboxylic acids is 1. The highest BCUT2D eigenvalue weighted by molar-refractivity contribution is 5.85. The normalized spacial score (nSPS) is 11.3. The minimum Gasteiger partial charge on any atom is -0.545 e. The number of halogens is 3. The van der Waals surface area contributed by atoms with E-state index < -0.39 is 23.3 Å². The van der Waals surface area contributed by atoms with Crippen LogP contribution >= 0.6 is 0 Å². The lowest BCUT2D eigenvalue weighted by Crippen LogP contribution is -2.23. The Balaban J connectivity index is 3.13. The summed E-state index contributed by atoms with van der Waals surface area (Å²) < 4.78 is 35.9. The summed E-state index contributed by atoms with van der Waals surface area (Å²) in [6, 6.07) is 0.475.